The number of benzene rings is 1. The first kappa shape index (κ1) is 10.2. The van der Waals surface area contributed by atoms with Gasteiger partial charge in [-0.2, -0.15) is 0 Å². The number of nitrogens with zero attached hydrogens (tertiary/aromatic N) is 1. The molecule has 0 radical (unpaired) electrons. The van der Waals surface area contributed by atoms with Crippen LogP contribution in [0.2, 0.25) is 5.02 Å². The van der Waals surface area contributed by atoms with Crippen molar-refractivity contribution in [2.24, 2.45) is 0 Å². The molecule has 4 heteroatoms. The lowest BCUT2D eigenvalue weighted by molar-refractivity contribution is 1.29. The molecule has 0 atom stereocenters. The second kappa shape index (κ2) is 3.79. The van der Waals surface area contributed by atoms with E-state index in [0.29, 0.717) is 10.7 Å². The van der Waals surface area contributed by atoms with Crippen LogP contribution < -0.4 is 5.73 Å². The highest BCUT2D eigenvalue weighted by molar-refractivity contribution is 6.31. The predicted molar refractivity (Wildman–Crippen MR) is 71.0 cm³/mol. The Hall–Kier alpha value is -2.00. The van der Waals surface area contributed by atoms with Crippen molar-refractivity contribution in [2.45, 2.75) is 0 Å². The third kappa shape index (κ3) is 1.74. The van der Waals surface area contributed by atoms with Gasteiger partial charge in [-0.05, 0) is 30.3 Å². The van der Waals surface area contributed by atoms with Gasteiger partial charge >= 0.3 is 0 Å². The first-order chi connectivity index (χ1) is 8.24. The molecule has 0 unspecified atom stereocenters. The number of nitrogens with one attached hydrogen (secondary N) is 1. The van der Waals surface area contributed by atoms with Crippen LogP contribution in [0.5, 0.6) is 0 Å². The van der Waals surface area contributed by atoms with Crippen LogP contribution in [0.4, 0.5) is 5.69 Å². The maximum Gasteiger partial charge on any atom is 0.0864 e. The topological polar surface area (TPSA) is 54.7 Å². The number of halogens is 1. The molecule has 3 N–H and O–H groups in total. The minimum absolute atomic E-state index is 0.640. The van der Waals surface area contributed by atoms with Crippen molar-refractivity contribution in [3.63, 3.8) is 0 Å². The number of nitrogens with two attached hydrogens (primary N) is 1. The van der Waals surface area contributed by atoms with Gasteiger partial charge in [-0.1, -0.05) is 17.7 Å². The lowest BCUT2D eigenvalue weighted by atomic mass is 10.2. The Morgan fingerprint density at radius 2 is 2.06 bits per heavy atom. The molecule has 3 aromatic rings. The molecule has 2 heterocycles. The molecule has 3 rings (SSSR count). The van der Waals surface area contributed by atoms with E-state index in [0.717, 1.165) is 22.3 Å². The van der Waals surface area contributed by atoms with Crippen molar-refractivity contribution in [3.05, 3.63) is 47.6 Å². The van der Waals surface area contributed by atoms with E-state index < -0.39 is 0 Å². The molecule has 1 aromatic carbocycles. The Morgan fingerprint density at radius 1 is 1.18 bits per heavy atom. The predicted octanol–water partition coefficient (Wildman–Crippen LogP) is 3.47. The van der Waals surface area contributed by atoms with Gasteiger partial charge in [-0.25, -0.2) is 0 Å². The van der Waals surface area contributed by atoms with Gasteiger partial charge in [0.25, 0.3) is 0 Å². The lowest BCUT2D eigenvalue weighted by Gasteiger charge is -1.97. The van der Waals surface area contributed by atoms with Crippen LogP contribution in [-0.4, -0.2) is 9.97 Å². The summed E-state index contributed by atoms with van der Waals surface area (Å²) in [6.07, 6.45) is 1.76. The quantitative estimate of drug-likeness (QED) is 0.643. The summed E-state index contributed by atoms with van der Waals surface area (Å²) in [6, 6.07) is 11.4. The van der Waals surface area contributed by atoms with Crippen LogP contribution in [0, 0.1) is 0 Å². The van der Waals surface area contributed by atoms with Gasteiger partial charge in [0.05, 0.1) is 22.6 Å². The Kier molecular flexibility index (Phi) is 2.27. The summed E-state index contributed by atoms with van der Waals surface area (Å²) in [5.74, 6) is 0. The van der Waals surface area contributed by atoms with E-state index in [9.17, 15) is 0 Å². The van der Waals surface area contributed by atoms with E-state index in [4.69, 9.17) is 17.3 Å². The average molecular weight is 244 g/mol. The minimum Gasteiger partial charge on any atom is -0.397 e. The van der Waals surface area contributed by atoms with Crippen molar-refractivity contribution in [1.29, 1.82) is 0 Å². The Balaban J connectivity index is 2.24. The van der Waals surface area contributed by atoms with Gasteiger partial charge in [0.15, 0.2) is 0 Å². The van der Waals surface area contributed by atoms with Gasteiger partial charge in [0, 0.05) is 16.6 Å². The van der Waals surface area contributed by atoms with Crippen molar-refractivity contribution < 1.29 is 0 Å². The SMILES string of the molecule is Nc1cc(Cl)cc2cc(-c3ccccn3)[nH]c12. The maximum absolute atomic E-state index is 5.97. The highest BCUT2D eigenvalue weighted by atomic mass is 35.5. The van der Waals surface area contributed by atoms with Crippen LogP contribution in [0.25, 0.3) is 22.3 Å². The van der Waals surface area contributed by atoms with Gasteiger partial charge < -0.3 is 10.7 Å². The summed E-state index contributed by atoms with van der Waals surface area (Å²) in [7, 11) is 0. The van der Waals surface area contributed by atoms with E-state index >= 15 is 0 Å². The number of pyridine rings is 1. The van der Waals surface area contributed by atoms with E-state index in [1.807, 2.05) is 30.3 Å². The molecule has 0 saturated heterocycles. The van der Waals surface area contributed by atoms with Gasteiger partial charge in [0.2, 0.25) is 0 Å². The molecule has 0 aliphatic carbocycles. The molecular formula is C13H10ClN3. The second-order valence-electron chi connectivity index (χ2n) is 3.86. The molecule has 84 valence electrons. The van der Waals surface area contributed by atoms with Crippen molar-refractivity contribution in [1.82, 2.24) is 9.97 Å². The zero-order valence-corrected chi connectivity index (χ0v) is 9.70. The Labute approximate surface area is 103 Å². The fourth-order valence-electron chi connectivity index (χ4n) is 1.89. The summed E-state index contributed by atoms with van der Waals surface area (Å²) in [5, 5.41) is 1.64. The Bertz CT molecular complexity index is 674. The maximum atomic E-state index is 5.97. The van der Waals surface area contributed by atoms with Crippen LogP contribution in [-0.2, 0) is 0 Å². The van der Waals surface area contributed by atoms with E-state index in [-0.39, 0.29) is 0 Å². The van der Waals surface area contributed by atoms with Crippen LogP contribution in [0.1, 0.15) is 0 Å². The Morgan fingerprint density at radius 3 is 2.82 bits per heavy atom. The van der Waals surface area contributed by atoms with Crippen LogP contribution in [0.15, 0.2) is 42.6 Å². The minimum atomic E-state index is 0.640. The standard InChI is InChI=1S/C13H10ClN3/c14-9-5-8-6-12(11-3-1-2-4-16-11)17-13(8)10(15)7-9/h1-7,17H,15H2. The molecule has 0 spiro atoms. The smallest absolute Gasteiger partial charge is 0.0864 e. The van der Waals surface area contributed by atoms with Crippen molar-refractivity contribution in [3.8, 4) is 11.4 Å². The van der Waals surface area contributed by atoms with Gasteiger partial charge in [0.1, 0.15) is 0 Å². The average Bonchev–Trinajstić information content (AvgIpc) is 2.74. The van der Waals surface area contributed by atoms with Crippen LogP contribution in [0.3, 0.4) is 0 Å². The van der Waals surface area contributed by atoms with Crippen molar-refractivity contribution >= 4 is 28.2 Å². The molecular weight excluding hydrogens is 234 g/mol. The third-order valence-electron chi connectivity index (χ3n) is 2.66. The zero-order valence-electron chi connectivity index (χ0n) is 8.94. The second-order valence-corrected chi connectivity index (χ2v) is 4.29. The summed E-state index contributed by atoms with van der Waals surface area (Å²) < 4.78 is 0. The fraction of sp³-hybridized carbons (Fsp3) is 0. The number of fused-ring (bicyclic) bond motifs is 1. The van der Waals surface area contributed by atoms with Gasteiger partial charge in [-0.3, -0.25) is 4.98 Å². The molecule has 0 bridgehead atoms. The third-order valence-corrected chi connectivity index (χ3v) is 2.88. The monoisotopic (exact) mass is 243 g/mol. The number of nitrogen functional groups attached to an aromatic ring is 1. The number of aromatic nitrogens is 2. The number of hydrogen-bond donors (Lipinski definition) is 2. The molecule has 0 aliphatic rings. The first-order valence-electron chi connectivity index (χ1n) is 5.23. The molecule has 0 amide bonds. The number of hydrogen-bond acceptors (Lipinski definition) is 2. The summed E-state index contributed by atoms with van der Waals surface area (Å²) >= 11 is 5.97. The van der Waals surface area contributed by atoms with Crippen LogP contribution >= 0.6 is 11.6 Å². The van der Waals surface area contributed by atoms with E-state index in [1.165, 1.54) is 0 Å². The molecule has 0 aliphatic heterocycles. The zero-order chi connectivity index (χ0) is 11.8. The molecule has 17 heavy (non-hydrogen) atoms. The highest BCUT2D eigenvalue weighted by Crippen LogP contribution is 2.29. The van der Waals surface area contributed by atoms with E-state index in [1.54, 1.807) is 12.3 Å². The molecule has 0 fully saturated rings. The number of aromatic amines is 1. The first-order valence-corrected chi connectivity index (χ1v) is 5.61. The highest BCUT2D eigenvalue weighted by Gasteiger charge is 2.07. The fourth-order valence-corrected chi connectivity index (χ4v) is 2.13. The summed E-state index contributed by atoms with van der Waals surface area (Å²) in [5.41, 5.74) is 9.29. The van der Waals surface area contributed by atoms with E-state index in [2.05, 4.69) is 9.97 Å². The van der Waals surface area contributed by atoms with Crippen molar-refractivity contribution in [2.75, 3.05) is 5.73 Å². The summed E-state index contributed by atoms with van der Waals surface area (Å²) in [6.45, 7) is 0. The number of rotatable bonds is 1. The number of H-pyrrole nitrogens is 1. The molecule has 2 aromatic heterocycles. The molecule has 3 nitrogen and oxygen atoms in total. The number of anilines is 1. The summed E-state index contributed by atoms with van der Waals surface area (Å²) in [4.78, 5) is 7.55. The normalized spacial score (nSPS) is 10.9. The van der Waals surface area contributed by atoms with Gasteiger partial charge in [-0.15, -0.1) is 0 Å². The largest absolute Gasteiger partial charge is 0.397 e. The lowest BCUT2D eigenvalue weighted by Crippen LogP contribution is -1.86. The molecule has 0 saturated carbocycles.